The fourth-order valence-corrected chi connectivity index (χ4v) is 1.87. The van der Waals surface area contributed by atoms with E-state index in [2.05, 4.69) is 10.2 Å². The largest absolute Gasteiger partial charge is 0.446 e. The third-order valence-electron chi connectivity index (χ3n) is 2.91. The maximum atomic E-state index is 11.9. The first-order valence-electron chi connectivity index (χ1n) is 6.37. The van der Waals surface area contributed by atoms with E-state index in [0.717, 1.165) is 6.92 Å². The zero-order chi connectivity index (χ0) is 20.5. The van der Waals surface area contributed by atoms with Crippen LogP contribution in [0.15, 0.2) is 0 Å². The SMILES string of the molecule is CC(=O)N(Nc1c([N+](=O)[O-])n[nH]c1[N+](=O)[O-])c1c([N+](=O)[O-])n[nH]c1[N+](=O)[O-]. The molecule has 27 heavy (non-hydrogen) atoms. The van der Waals surface area contributed by atoms with Crippen molar-refractivity contribution >= 4 is 40.6 Å². The Hall–Kier alpha value is -4.71. The van der Waals surface area contributed by atoms with Gasteiger partial charge in [-0.15, -0.1) is 0 Å². The van der Waals surface area contributed by atoms with Gasteiger partial charge in [-0.2, -0.15) is 0 Å². The normalized spacial score (nSPS) is 10.3. The molecule has 0 saturated heterocycles. The minimum atomic E-state index is -1.18. The summed E-state index contributed by atoms with van der Waals surface area (Å²) in [6.45, 7) is 0.783. The van der Waals surface area contributed by atoms with Crippen molar-refractivity contribution in [3.63, 3.8) is 0 Å². The Kier molecular flexibility index (Phi) is 4.59. The van der Waals surface area contributed by atoms with Crippen molar-refractivity contribution in [3.05, 3.63) is 40.5 Å². The Morgan fingerprint density at radius 1 is 0.889 bits per heavy atom. The number of aromatic amines is 2. The quantitative estimate of drug-likeness (QED) is 0.423. The van der Waals surface area contributed by atoms with Crippen LogP contribution in [0.5, 0.6) is 0 Å². The van der Waals surface area contributed by atoms with E-state index in [9.17, 15) is 45.3 Å². The highest BCUT2D eigenvalue weighted by Crippen LogP contribution is 2.38. The van der Waals surface area contributed by atoms with E-state index in [0.29, 0.717) is 0 Å². The summed E-state index contributed by atoms with van der Waals surface area (Å²) in [5.74, 6) is -5.65. The smallest absolute Gasteiger partial charge is 0.358 e. The van der Waals surface area contributed by atoms with Crippen LogP contribution in [0.4, 0.5) is 34.6 Å². The van der Waals surface area contributed by atoms with Crippen LogP contribution in [0.25, 0.3) is 0 Å². The van der Waals surface area contributed by atoms with Gasteiger partial charge in [-0.1, -0.05) is 0 Å². The highest BCUT2D eigenvalue weighted by molar-refractivity contribution is 5.98. The van der Waals surface area contributed by atoms with Crippen molar-refractivity contribution < 1.29 is 24.5 Å². The topological polar surface area (TPSA) is 262 Å². The number of aromatic nitrogens is 4. The lowest BCUT2D eigenvalue weighted by molar-refractivity contribution is -0.393. The average Bonchev–Trinajstić information content (AvgIpc) is 3.16. The summed E-state index contributed by atoms with van der Waals surface area (Å²) in [5.41, 5.74) is -0.104. The number of carbonyl (C=O) groups is 1. The van der Waals surface area contributed by atoms with Gasteiger partial charge in [0.15, 0.2) is 0 Å². The second-order valence-electron chi connectivity index (χ2n) is 4.51. The van der Waals surface area contributed by atoms with Crippen LogP contribution in [0.2, 0.25) is 0 Å². The van der Waals surface area contributed by atoms with E-state index in [-0.39, 0.29) is 5.01 Å². The highest BCUT2D eigenvalue weighted by atomic mass is 16.6. The van der Waals surface area contributed by atoms with Gasteiger partial charge >= 0.3 is 23.3 Å². The Labute approximate surface area is 144 Å². The number of rotatable bonds is 7. The average molecular weight is 386 g/mol. The number of hydrogen-bond donors (Lipinski definition) is 3. The molecule has 0 aliphatic carbocycles. The molecule has 0 spiro atoms. The van der Waals surface area contributed by atoms with Crippen molar-refractivity contribution in [3.8, 4) is 0 Å². The predicted octanol–water partition coefficient (Wildman–Crippen LogP) is 0.146. The first-order valence-corrected chi connectivity index (χ1v) is 6.37. The van der Waals surface area contributed by atoms with E-state index < -0.39 is 60.2 Å². The van der Waals surface area contributed by atoms with Crippen LogP contribution in [0.3, 0.4) is 0 Å². The predicted molar refractivity (Wildman–Crippen MR) is 80.6 cm³/mol. The fraction of sp³-hybridized carbons (Fsp3) is 0.125. The number of anilines is 2. The molecular formula is C8H6N10O9. The molecule has 0 atom stereocenters. The van der Waals surface area contributed by atoms with E-state index in [1.54, 1.807) is 10.2 Å². The van der Waals surface area contributed by atoms with Gasteiger partial charge in [0.2, 0.25) is 5.91 Å². The van der Waals surface area contributed by atoms with E-state index in [4.69, 9.17) is 0 Å². The maximum absolute atomic E-state index is 11.9. The molecule has 0 radical (unpaired) electrons. The second-order valence-corrected chi connectivity index (χ2v) is 4.51. The van der Waals surface area contributed by atoms with E-state index >= 15 is 0 Å². The number of nitrogens with zero attached hydrogens (tertiary/aromatic N) is 7. The number of nitro groups is 4. The van der Waals surface area contributed by atoms with Gasteiger partial charge in [-0.05, 0) is 29.9 Å². The van der Waals surface area contributed by atoms with E-state index in [1.165, 1.54) is 0 Å². The number of hydrogen-bond acceptors (Lipinski definition) is 12. The molecule has 2 aromatic heterocycles. The van der Waals surface area contributed by atoms with Crippen LogP contribution < -0.4 is 10.4 Å². The Morgan fingerprint density at radius 3 is 1.81 bits per heavy atom. The van der Waals surface area contributed by atoms with Gasteiger partial charge in [0, 0.05) is 6.92 Å². The van der Waals surface area contributed by atoms with Crippen molar-refractivity contribution in [2.45, 2.75) is 6.92 Å². The summed E-state index contributed by atoms with van der Waals surface area (Å²) in [4.78, 5) is 51.3. The number of carbonyl (C=O) groups excluding carboxylic acids is 1. The molecule has 0 fully saturated rings. The third kappa shape index (κ3) is 3.26. The molecule has 19 heteroatoms. The van der Waals surface area contributed by atoms with E-state index in [1.807, 2.05) is 5.43 Å². The minimum absolute atomic E-state index is 0.130. The molecule has 0 saturated carbocycles. The molecule has 2 aromatic rings. The van der Waals surface area contributed by atoms with Gasteiger partial charge in [-0.3, -0.25) is 10.2 Å². The first kappa shape index (κ1) is 18.6. The third-order valence-corrected chi connectivity index (χ3v) is 2.91. The van der Waals surface area contributed by atoms with Gasteiger partial charge < -0.3 is 40.5 Å². The maximum Gasteiger partial charge on any atom is 0.446 e. The number of hydrazine groups is 1. The van der Waals surface area contributed by atoms with Crippen molar-refractivity contribution in [2.24, 2.45) is 0 Å². The first-order chi connectivity index (χ1) is 12.6. The molecule has 3 N–H and O–H groups in total. The van der Waals surface area contributed by atoms with Crippen molar-refractivity contribution in [1.82, 2.24) is 20.4 Å². The molecule has 1 amide bonds. The summed E-state index contributed by atoms with van der Waals surface area (Å²) in [6.07, 6.45) is 0. The minimum Gasteiger partial charge on any atom is -0.358 e. The Morgan fingerprint density at radius 2 is 1.37 bits per heavy atom. The van der Waals surface area contributed by atoms with Gasteiger partial charge in [-0.25, -0.2) is 5.01 Å². The zero-order valence-corrected chi connectivity index (χ0v) is 12.8. The monoisotopic (exact) mass is 386 g/mol. The molecule has 0 aromatic carbocycles. The summed E-state index contributed by atoms with van der Waals surface area (Å²) >= 11 is 0. The lowest BCUT2D eigenvalue weighted by Gasteiger charge is -2.18. The lowest BCUT2D eigenvalue weighted by Crippen LogP contribution is -2.35. The molecule has 142 valence electrons. The van der Waals surface area contributed by atoms with Gasteiger partial charge in [0.1, 0.15) is 10.2 Å². The molecule has 0 aliphatic heterocycles. The highest BCUT2D eigenvalue weighted by Gasteiger charge is 2.41. The molecule has 0 bridgehead atoms. The number of H-pyrrole nitrogens is 2. The summed E-state index contributed by atoms with van der Waals surface area (Å²) in [7, 11) is 0. The van der Waals surface area contributed by atoms with Crippen LogP contribution in [0, 0.1) is 40.5 Å². The molecule has 0 unspecified atom stereocenters. The molecule has 2 rings (SSSR count). The van der Waals surface area contributed by atoms with Crippen molar-refractivity contribution in [2.75, 3.05) is 10.4 Å². The molecule has 2 heterocycles. The molecular weight excluding hydrogens is 380 g/mol. The summed E-state index contributed by atoms with van der Waals surface area (Å²) < 4.78 is 0. The molecule has 19 nitrogen and oxygen atoms in total. The molecule has 0 aliphatic rings. The number of nitrogens with one attached hydrogen (secondary N) is 3. The van der Waals surface area contributed by atoms with Crippen LogP contribution in [-0.4, -0.2) is 46.0 Å². The summed E-state index contributed by atoms with van der Waals surface area (Å²) in [5, 5.41) is 53.8. The second kappa shape index (κ2) is 6.66. The van der Waals surface area contributed by atoms with Crippen LogP contribution in [0.1, 0.15) is 6.92 Å². The zero-order valence-electron chi connectivity index (χ0n) is 12.8. The van der Waals surface area contributed by atoms with Gasteiger partial charge in [0.25, 0.3) is 11.4 Å². The Bertz CT molecular complexity index is 912. The number of amides is 1. The van der Waals surface area contributed by atoms with Crippen LogP contribution >= 0.6 is 0 Å². The summed E-state index contributed by atoms with van der Waals surface area (Å²) in [6, 6.07) is 0. The van der Waals surface area contributed by atoms with Crippen molar-refractivity contribution in [1.29, 1.82) is 0 Å². The lowest BCUT2D eigenvalue weighted by atomic mass is 10.4. The Balaban J connectivity index is 2.68. The fourth-order valence-electron chi connectivity index (χ4n) is 1.87. The standard InChI is InChI=1S/C8H6N10O9/c1-2(19)14(4-7(17(24)25)11-12-8(4)18(26)27)13-3-5(15(20)21)9-10-6(3)16(22)23/h13H,1H3,(H,9,10)(H,11,12). The van der Waals surface area contributed by atoms with Crippen LogP contribution in [-0.2, 0) is 4.79 Å². The van der Waals surface area contributed by atoms with Gasteiger partial charge in [0.05, 0.1) is 0 Å².